The van der Waals surface area contributed by atoms with E-state index in [2.05, 4.69) is 0 Å². The van der Waals surface area contributed by atoms with Gasteiger partial charge in [0.2, 0.25) is 0 Å². The largest absolute Gasteiger partial charge is 0.459 e. The number of hydrogen-bond acceptors (Lipinski definition) is 4. The van der Waals surface area contributed by atoms with Crippen molar-refractivity contribution in [3.63, 3.8) is 0 Å². The Kier molecular flexibility index (Phi) is 4.58. The molecule has 4 heteroatoms. The Morgan fingerprint density at radius 2 is 1.39 bits per heavy atom. The van der Waals surface area contributed by atoms with Crippen LogP contribution in [0.2, 0.25) is 0 Å². The van der Waals surface area contributed by atoms with E-state index in [4.69, 9.17) is 19.6 Å². The average molecular weight is 246 g/mol. The number of hydrogen-bond donors (Lipinski definition) is 1. The molecule has 4 nitrogen and oxygen atoms in total. The number of aliphatic hydroxyl groups excluding tert-OH is 1. The highest BCUT2D eigenvalue weighted by molar-refractivity contribution is 5.21. The van der Waals surface area contributed by atoms with Gasteiger partial charge in [0.15, 0.2) is 5.75 Å². The Labute approximate surface area is 105 Å². The zero-order valence-electron chi connectivity index (χ0n) is 9.73. The maximum Gasteiger partial charge on any atom is 0.265 e. The summed E-state index contributed by atoms with van der Waals surface area (Å²) in [4.78, 5) is 10.1. The smallest absolute Gasteiger partial charge is 0.265 e. The lowest BCUT2D eigenvalue weighted by Gasteiger charge is -2.16. The molecule has 1 atom stereocenters. The van der Waals surface area contributed by atoms with Gasteiger partial charge >= 0.3 is 0 Å². The van der Waals surface area contributed by atoms with Gasteiger partial charge in [-0.05, 0) is 24.3 Å². The fraction of sp³-hybridized carbons (Fsp3) is 0.143. The summed E-state index contributed by atoms with van der Waals surface area (Å²) in [7, 11) is 0. The summed E-state index contributed by atoms with van der Waals surface area (Å²) < 4.78 is 5.39. The molecular formula is C14H14O4. The fourth-order valence-corrected chi connectivity index (χ4v) is 1.32. The van der Waals surface area contributed by atoms with E-state index in [-0.39, 0.29) is 6.61 Å². The number of rotatable bonds is 6. The van der Waals surface area contributed by atoms with E-state index in [9.17, 15) is 0 Å². The minimum absolute atomic E-state index is 0.304. The topological polar surface area (TPSA) is 47.9 Å². The highest BCUT2D eigenvalue weighted by Gasteiger charge is 2.11. The Morgan fingerprint density at radius 1 is 0.833 bits per heavy atom. The molecule has 0 radical (unpaired) electrons. The van der Waals surface area contributed by atoms with Gasteiger partial charge in [0.25, 0.3) is 6.29 Å². The summed E-state index contributed by atoms with van der Waals surface area (Å²) in [5.74, 6) is 1.15. The van der Waals surface area contributed by atoms with Crippen LogP contribution in [0.1, 0.15) is 0 Å². The molecule has 0 aliphatic carbocycles. The van der Waals surface area contributed by atoms with E-state index in [0.717, 1.165) is 0 Å². The second-order valence-corrected chi connectivity index (χ2v) is 3.54. The first-order valence-electron chi connectivity index (χ1n) is 5.59. The lowest BCUT2D eigenvalue weighted by Crippen LogP contribution is -2.26. The maximum absolute atomic E-state index is 9.14. The van der Waals surface area contributed by atoms with E-state index >= 15 is 0 Å². The van der Waals surface area contributed by atoms with Crippen molar-refractivity contribution >= 4 is 0 Å². The van der Waals surface area contributed by atoms with Gasteiger partial charge in [0, 0.05) is 0 Å². The van der Waals surface area contributed by atoms with Crippen molar-refractivity contribution < 1.29 is 19.6 Å². The maximum atomic E-state index is 9.14. The lowest BCUT2D eigenvalue weighted by molar-refractivity contribution is -0.303. The minimum Gasteiger partial charge on any atom is -0.459 e. The summed E-state index contributed by atoms with van der Waals surface area (Å²) in [5, 5.41) is 9.14. The molecular weight excluding hydrogens is 232 g/mol. The van der Waals surface area contributed by atoms with Gasteiger partial charge < -0.3 is 14.7 Å². The molecule has 1 unspecified atom stereocenters. The minimum atomic E-state index is -0.868. The van der Waals surface area contributed by atoms with Gasteiger partial charge in [-0.2, -0.15) is 0 Å². The molecule has 0 aromatic heterocycles. The number of aliphatic hydroxyl groups is 1. The molecule has 0 saturated heterocycles. The van der Waals surface area contributed by atoms with Crippen LogP contribution in [0.4, 0.5) is 0 Å². The molecule has 2 aromatic rings. The quantitative estimate of drug-likeness (QED) is 0.483. The molecule has 0 aliphatic rings. The zero-order chi connectivity index (χ0) is 12.6. The van der Waals surface area contributed by atoms with Crippen LogP contribution in [0.15, 0.2) is 60.7 Å². The summed E-state index contributed by atoms with van der Waals surface area (Å²) in [6.45, 7) is -0.304. The van der Waals surface area contributed by atoms with Gasteiger partial charge in [-0.15, -0.1) is 4.89 Å². The van der Waals surface area contributed by atoms with Crippen molar-refractivity contribution in [3.05, 3.63) is 60.7 Å². The molecule has 0 bridgehead atoms. The van der Waals surface area contributed by atoms with Crippen molar-refractivity contribution in [2.45, 2.75) is 6.29 Å². The number of benzene rings is 2. The summed E-state index contributed by atoms with van der Waals surface area (Å²) in [5.41, 5.74) is 0. The molecule has 0 aliphatic heterocycles. The third-order valence-electron chi connectivity index (χ3n) is 2.15. The highest BCUT2D eigenvalue weighted by atomic mass is 17.2. The zero-order valence-corrected chi connectivity index (χ0v) is 9.73. The van der Waals surface area contributed by atoms with Crippen molar-refractivity contribution in [3.8, 4) is 11.5 Å². The van der Waals surface area contributed by atoms with Crippen LogP contribution in [0, 0.1) is 0 Å². The molecule has 0 amide bonds. The summed E-state index contributed by atoms with van der Waals surface area (Å²) in [6.07, 6.45) is -0.868. The Morgan fingerprint density at radius 3 is 1.94 bits per heavy atom. The highest BCUT2D eigenvalue weighted by Crippen LogP contribution is 2.13. The second-order valence-electron chi connectivity index (χ2n) is 3.54. The van der Waals surface area contributed by atoms with Gasteiger partial charge in [-0.1, -0.05) is 36.4 Å². The Balaban J connectivity index is 1.86. The summed E-state index contributed by atoms with van der Waals surface area (Å²) in [6, 6.07) is 18.1. The molecule has 1 N–H and O–H groups in total. The number of ether oxygens (including phenoxy) is 1. The first kappa shape index (κ1) is 12.4. The van der Waals surface area contributed by atoms with Crippen LogP contribution in [-0.4, -0.2) is 18.0 Å². The Hall–Kier alpha value is -2.04. The monoisotopic (exact) mass is 246 g/mol. The van der Waals surface area contributed by atoms with Crippen LogP contribution in [-0.2, 0) is 4.89 Å². The van der Waals surface area contributed by atoms with Gasteiger partial charge in [-0.3, -0.25) is 0 Å². The first-order chi connectivity index (χ1) is 8.88. The van der Waals surface area contributed by atoms with Gasteiger partial charge in [-0.25, -0.2) is 0 Å². The van der Waals surface area contributed by atoms with Crippen molar-refractivity contribution in [1.29, 1.82) is 0 Å². The lowest BCUT2D eigenvalue weighted by atomic mass is 10.3. The van der Waals surface area contributed by atoms with Crippen molar-refractivity contribution in [2.24, 2.45) is 0 Å². The van der Waals surface area contributed by atoms with E-state index < -0.39 is 6.29 Å². The molecule has 2 rings (SSSR count). The predicted molar refractivity (Wildman–Crippen MR) is 66.1 cm³/mol. The van der Waals surface area contributed by atoms with Crippen LogP contribution in [0.3, 0.4) is 0 Å². The summed E-state index contributed by atoms with van der Waals surface area (Å²) >= 11 is 0. The van der Waals surface area contributed by atoms with Gasteiger partial charge in [0.1, 0.15) is 12.4 Å². The fourth-order valence-electron chi connectivity index (χ4n) is 1.32. The van der Waals surface area contributed by atoms with E-state index in [1.807, 2.05) is 36.4 Å². The van der Waals surface area contributed by atoms with Crippen LogP contribution in [0.25, 0.3) is 0 Å². The normalized spacial score (nSPS) is 11.8. The van der Waals surface area contributed by atoms with Crippen LogP contribution < -0.4 is 9.62 Å². The number of para-hydroxylation sites is 2. The Bertz CT molecular complexity index is 444. The molecule has 0 spiro atoms. The molecule has 18 heavy (non-hydrogen) atoms. The van der Waals surface area contributed by atoms with Crippen LogP contribution >= 0.6 is 0 Å². The second kappa shape index (κ2) is 6.64. The third kappa shape index (κ3) is 3.76. The molecule has 94 valence electrons. The molecule has 0 fully saturated rings. The van der Waals surface area contributed by atoms with E-state index in [1.165, 1.54) is 0 Å². The predicted octanol–water partition coefficient (Wildman–Crippen LogP) is 2.39. The third-order valence-corrected chi connectivity index (χ3v) is 2.15. The molecule has 0 saturated carbocycles. The van der Waals surface area contributed by atoms with Crippen LogP contribution in [0.5, 0.6) is 11.5 Å². The standard InChI is InChI=1S/C14H14O4/c15-11-14(16-12-7-3-1-4-8-12)18-17-13-9-5-2-6-10-13/h1-10,14-15H,11H2. The van der Waals surface area contributed by atoms with Crippen molar-refractivity contribution in [1.82, 2.24) is 0 Å². The first-order valence-corrected chi connectivity index (χ1v) is 5.59. The molecule has 2 aromatic carbocycles. The van der Waals surface area contributed by atoms with Gasteiger partial charge in [0.05, 0.1) is 0 Å². The van der Waals surface area contributed by atoms with E-state index in [0.29, 0.717) is 11.5 Å². The van der Waals surface area contributed by atoms with Crippen molar-refractivity contribution in [2.75, 3.05) is 6.61 Å². The SMILES string of the molecule is OCC(OOc1ccccc1)Oc1ccccc1. The van der Waals surface area contributed by atoms with E-state index in [1.54, 1.807) is 24.3 Å². The average Bonchev–Trinajstić information content (AvgIpc) is 2.45. The molecule has 0 heterocycles.